The number of aromatic nitrogens is 2. The van der Waals surface area contributed by atoms with Crippen LogP contribution in [0.25, 0.3) is 27.5 Å². The van der Waals surface area contributed by atoms with Crippen molar-refractivity contribution in [3.8, 4) is 28.3 Å². The molecular weight excluding hydrogens is 434 g/mol. The molecule has 4 rings (SSSR count). The van der Waals surface area contributed by atoms with Crippen molar-refractivity contribution in [2.75, 3.05) is 6.26 Å². The highest BCUT2D eigenvalue weighted by Crippen LogP contribution is 2.36. The van der Waals surface area contributed by atoms with Crippen LogP contribution in [-0.4, -0.2) is 32.5 Å². The standard InChI is InChI=1S/C18H15N3O5S3/c1-28(22,23)15-7-3-5-13(11-15)17-16(20-18-21(17)8-9-27-18)12-4-2-6-14(10-12)26-29(19,24)25/h2-11H,1H3,(H2,19,24,25). The number of sulfone groups is 1. The monoisotopic (exact) mass is 449 g/mol. The van der Waals surface area contributed by atoms with Crippen LogP contribution in [0.2, 0.25) is 0 Å². The fourth-order valence-electron chi connectivity index (χ4n) is 2.97. The second kappa shape index (κ2) is 6.95. The maximum absolute atomic E-state index is 12.0. The molecular formula is C18H15N3O5S3. The van der Waals surface area contributed by atoms with Crippen LogP contribution in [0.15, 0.2) is 65.0 Å². The van der Waals surface area contributed by atoms with E-state index >= 15 is 0 Å². The van der Waals surface area contributed by atoms with Gasteiger partial charge >= 0.3 is 10.3 Å². The Balaban J connectivity index is 1.93. The van der Waals surface area contributed by atoms with E-state index in [1.807, 2.05) is 16.0 Å². The van der Waals surface area contributed by atoms with Gasteiger partial charge in [0.15, 0.2) is 14.8 Å². The normalized spacial score (nSPS) is 12.3. The van der Waals surface area contributed by atoms with Crippen molar-refractivity contribution in [1.29, 1.82) is 0 Å². The largest absolute Gasteiger partial charge is 0.380 e. The molecule has 0 aliphatic rings. The van der Waals surface area contributed by atoms with Crippen molar-refractivity contribution in [3.05, 3.63) is 60.1 Å². The molecule has 29 heavy (non-hydrogen) atoms. The van der Waals surface area contributed by atoms with E-state index in [4.69, 9.17) is 9.32 Å². The van der Waals surface area contributed by atoms with Gasteiger partial charge in [0.2, 0.25) is 0 Å². The lowest BCUT2D eigenvalue weighted by atomic mass is 10.0. The number of benzene rings is 2. The lowest BCUT2D eigenvalue weighted by Gasteiger charge is -2.08. The van der Waals surface area contributed by atoms with Crippen LogP contribution in [0.4, 0.5) is 0 Å². The summed E-state index contributed by atoms with van der Waals surface area (Å²) in [6.45, 7) is 0. The molecule has 150 valence electrons. The Hall–Kier alpha value is -2.73. The lowest BCUT2D eigenvalue weighted by molar-refractivity contribution is 0.488. The van der Waals surface area contributed by atoms with Crippen molar-refractivity contribution in [2.24, 2.45) is 5.14 Å². The first kappa shape index (κ1) is 19.6. The number of nitrogens with zero attached hydrogens (tertiary/aromatic N) is 2. The quantitative estimate of drug-likeness (QED) is 0.500. The van der Waals surface area contributed by atoms with E-state index < -0.39 is 20.1 Å². The molecule has 0 saturated heterocycles. The Labute approximate surface area is 171 Å². The number of fused-ring (bicyclic) bond motifs is 1. The van der Waals surface area contributed by atoms with Gasteiger partial charge in [-0.2, -0.15) is 13.6 Å². The van der Waals surface area contributed by atoms with Crippen molar-refractivity contribution >= 4 is 36.4 Å². The van der Waals surface area contributed by atoms with Gasteiger partial charge in [-0.1, -0.05) is 24.3 Å². The predicted molar refractivity (Wildman–Crippen MR) is 111 cm³/mol. The molecule has 2 N–H and O–H groups in total. The van der Waals surface area contributed by atoms with Gasteiger partial charge in [-0.05, 0) is 24.3 Å². The van der Waals surface area contributed by atoms with Gasteiger partial charge in [0.25, 0.3) is 0 Å². The van der Waals surface area contributed by atoms with Crippen LogP contribution in [-0.2, 0) is 20.1 Å². The summed E-state index contributed by atoms with van der Waals surface area (Å²) < 4.78 is 53.1. The maximum atomic E-state index is 12.0. The zero-order chi connectivity index (χ0) is 20.8. The molecule has 2 heterocycles. The zero-order valence-electron chi connectivity index (χ0n) is 15.0. The van der Waals surface area contributed by atoms with Crippen LogP contribution in [0.5, 0.6) is 5.75 Å². The lowest BCUT2D eigenvalue weighted by Crippen LogP contribution is -2.18. The Morgan fingerprint density at radius 3 is 2.48 bits per heavy atom. The molecule has 4 aromatic rings. The van der Waals surface area contributed by atoms with Crippen LogP contribution < -0.4 is 9.32 Å². The minimum Gasteiger partial charge on any atom is -0.371 e. The summed E-state index contributed by atoms with van der Waals surface area (Å²) in [6.07, 6.45) is 2.99. The van der Waals surface area contributed by atoms with E-state index in [0.29, 0.717) is 27.5 Å². The summed E-state index contributed by atoms with van der Waals surface area (Å²) in [6, 6.07) is 12.9. The molecule has 0 aliphatic carbocycles. The molecule has 0 bridgehead atoms. The first-order valence-corrected chi connectivity index (χ1v) is 12.4. The first-order valence-electron chi connectivity index (χ1n) is 8.20. The molecule has 8 nitrogen and oxygen atoms in total. The molecule has 0 fully saturated rings. The van der Waals surface area contributed by atoms with Crippen LogP contribution in [0.3, 0.4) is 0 Å². The Bertz CT molecular complexity index is 1440. The SMILES string of the molecule is CS(=O)(=O)c1cccc(-c2c(-c3cccc(OS(N)(=O)=O)c3)nc3sccn23)c1. The fourth-order valence-corrected chi connectivity index (χ4v) is 4.72. The van der Waals surface area contributed by atoms with Gasteiger partial charge in [-0.25, -0.2) is 13.4 Å². The minimum atomic E-state index is -4.16. The highest BCUT2D eigenvalue weighted by molar-refractivity contribution is 7.90. The molecule has 0 atom stereocenters. The first-order chi connectivity index (χ1) is 13.6. The van der Waals surface area contributed by atoms with Gasteiger partial charge in [0.1, 0.15) is 5.75 Å². The summed E-state index contributed by atoms with van der Waals surface area (Å²) in [4.78, 5) is 5.54. The molecule has 0 radical (unpaired) electrons. The number of thiazole rings is 1. The van der Waals surface area contributed by atoms with Crippen LogP contribution in [0, 0.1) is 0 Å². The summed E-state index contributed by atoms with van der Waals surface area (Å²) in [5.74, 6) is 0.0530. The Morgan fingerprint density at radius 2 is 1.76 bits per heavy atom. The van der Waals surface area contributed by atoms with Gasteiger partial charge in [0.05, 0.1) is 16.3 Å². The second-order valence-corrected chi connectivity index (χ2v) is 10.3. The van der Waals surface area contributed by atoms with Gasteiger partial charge in [0, 0.05) is 29.0 Å². The number of nitrogens with two attached hydrogens (primary N) is 1. The summed E-state index contributed by atoms with van der Waals surface area (Å²) >= 11 is 1.42. The number of rotatable bonds is 5. The highest BCUT2D eigenvalue weighted by Gasteiger charge is 2.19. The summed E-state index contributed by atoms with van der Waals surface area (Å²) in [5.41, 5.74) is 2.50. The van der Waals surface area contributed by atoms with Crippen LogP contribution in [0.1, 0.15) is 0 Å². The Kier molecular flexibility index (Phi) is 4.69. The summed E-state index contributed by atoms with van der Waals surface area (Å²) in [5, 5.41) is 6.83. The summed E-state index contributed by atoms with van der Waals surface area (Å²) in [7, 11) is -7.55. The average molecular weight is 450 g/mol. The smallest absolute Gasteiger partial charge is 0.371 e. The van der Waals surface area contributed by atoms with Crippen molar-refractivity contribution in [3.63, 3.8) is 0 Å². The number of hydrogen-bond donors (Lipinski definition) is 1. The molecule has 0 aliphatic heterocycles. The van der Waals surface area contributed by atoms with E-state index in [2.05, 4.69) is 4.98 Å². The molecule has 0 saturated carbocycles. The number of hydrogen-bond acceptors (Lipinski definition) is 7. The number of imidazole rings is 1. The zero-order valence-corrected chi connectivity index (χ0v) is 17.5. The molecule has 0 amide bonds. The molecule has 11 heteroatoms. The maximum Gasteiger partial charge on any atom is 0.380 e. The van der Waals surface area contributed by atoms with Gasteiger partial charge in [-0.3, -0.25) is 4.40 Å². The van der Waals surface area contributed by atoms with E-state index in [0.717, 1.165) is 6.26 Å². The predicted octanol–water partition coefficient (Wildman–Crippen LogP) is 2.72. The van der Waals surface area contributed by atoms with E-state index in [1.54, 1.807) is 30.3 Å². The average Bonchev–Trinajstić information content (AvgIpc) is 3.20. The van der Waals surface area contributed by atoms with E-state index in [-0.39, 0.29) is 10.6 Å². The van der Waals surface area contributed by atoms with Crippen molar-refractivity contribution < 1.29 is 21.0 Å². The molecule has 2 aromatic carbocycles. The second-order valence-electron chi connectivity index (χ2n) is 6.27. The van der Waals surface area contributed by atoms with E-state index in [9.17, 15) is 16.8 Å². The van der Waals surface area contributed by atoms with Crippen molar-refractivity contribution in [2.45, 2.75) is 4.90 Å². The third-order valence-electron chi connectivity index (χ3n) is 4.12. The topological polar surface area (TPSA) is 121 Å². The minimum absolute atomic E-state index is 0.0530. The van der Waals surface area contributed by atoms with Crippen LogP contribution >= 0.6 is 11.3 Å². The molecule has 0 spiro atoms. The fraction of sp³-hybridized carbons (Fsp3) is 0.0556. The third kappa shape index (κ3) is 4.03. The van der Waals surface area contributed by atoms with Gasteiger partial charge in [-0.15, -0.1) is 11.3 Å². The third-order valence-corrected chi connectivity index (χ3v) is 6.41. The van der Waals surface area contributed by atoms with E-state index in [1.165, 1.54) is 29.5 Å². The molecule has 2 aromatic heterocycles. The molecule has 0 unspecified atom stereocenters. The van der Waals surface area contributed by atoms with Gasteiger partial charge < -0.3 is 4.18 Å². The Morgan fingerprint density at radius 1 is 1.03 bits per heavy atom. The van der Waals surface area contributed by atoms with Crippen molar-refractivity contribution in [1.82, 2.24) is 9.38 Å². The highest BCUT2D eigenvalue weighted by atomic mass is 32.2.